The lowest BCUT2D eigenvalue weighted by molar-refractivity contribution is -0.153. The molecule has 2 aromatic rings. The van der Waals surface area contributed by atoms with E-state index < -0.39 is 58.0 Å². The smallest absolute Gasteiger partial charge is 0.255 e. The first-order valence-electron chi connectivity index (χ1n) is 15.1. The third-order valence-corrected chi connectivity index (χ3v) is 10.3. The first kappa shape index (κ1) is 33.4. The highest BCUT2D eigenvalue weighted by Gasteiger charge is 2.64. The van der Waals surface area contributed by atoms with Crippen molar-refractivity contribution < 1.29 is 34.8 Å². The number of hydrogen-bond acceptors (Lipinski definition) is 11. The van der Waals surface area contributed by atoms with Gasteiger partial charge in [-0.3, -0.25) is 19.3 Å². The number of rotatable bonds is 7. The van der Waals surface area contributed by atoms with Crippen molar-refractivity contribution in [3.63, 3.8) is 0 Å². The summed E-state index contributed by atoms with van der Waals surface area (Å²) in [7, 11) is 6.82. The summed E-state index contributed by atoms with van der Waals surface area (Å²) in [5.41, 5.74) is 4.41. The molecule has 4 atom stereocenters. The predicted molar refractivity (Wildman–Crippen MR) is 178 cm³/mol. The van der Waals surface area contributed by atoms with Gasteiger partial charge in [-0.1, -0.05) is 39.0 Å². The number of benzene rings is 2. The van der Waals surface area contributed by atoms with E-state index in [0.29, 0.717) is 23.5 Å². The molecule has 0 bridgehead atoms. The molecule has 0 saturated heterocycles. The fourth-order valence-electron chi connectivity index (χ4n) is 7.10. The molecule has 46 heavy (non-hydrogen) atoms. The van der Waals surface area contributed by atoms with Crippen molar-refractivity contribution in [3.8, 4) is 5.75 Å². The van der Waals surface area contributed by atoms with Crippen molar-refractivity contribution in [2.45, 2.75) is 61.4 Å². The third kappa shape index (κ3) is 5.31. The van der Waals surface area contributed by atoms with E-state index in [1.165, 1.54) is 4.90 Å². The molecule has 3 aliphatic rings. The van der Waals surface area contributed by atoms with Crippen LogP contribution in [0.4, 0.5) is 11.4 Å². The van der Waals surface area contributed by atoms with Gasteiger partial charge in [-0.25, -0.2) is 0 Å². The Balaban J connectivity index is 1.63. The van der Waals surface area contributed by atoms with Gasteiger partial charge in [0.15, 0.2) is 11.4 Å². The number of hydrogen-bond donors (Lipinski definition) is 6. The monoisotopic (exact) mass is 650 g/mol. The highest BCUT2D eigenvalue weighted by atomic mass is 32.2. The zero-order chi connectivity index (χ0) is 34.0. The maximum atomic E-state index is 14.2. The zero-order valence-electron chi connectivity index (χ0n) is 27.1. The Labute approximate surface area is 272 Å². The molecule has 1 amide bonds. The molecular formula is C34H42N4O7S. The summed E-state index contributed by atoms with van der Waals surface area (Å²) in [5.74, 6) is -6.77. The van der Waals surface area contributed by atoms with Crippen molar-refractivity contribution >= 4 is 46.4 Å². The van der Waals surface area contributed by atoms with E-state index in [1.54, 1.807) is 31.9 Å². The number of carbonyl (C=O) groups is 3. The van der Waals surface area contributed by atoms with Crippen LogP contribution in [-0.4, -0.2) is 87.4 Å². The number of likely N-dealkylation sites (N-methyl/N-ethyl adjacent to an activating group) is 1. The van der Waals surface area contributed by atoms with E-state index in [0.717, 1.165) is 10.5 Å². The van der Waals surface area contributed by atoms with Crippen molar-refractivity contribution in [1.29, 1.82) is 0 Å². The average Bonchev–Trinajstić information content (AvgIpc) is 2.94. The number of phenolic OH excluding ortho intramolecular Hbond substituents is 1. The van der Waals surface area contributed by atoms with Crippen molar-refractivity contribution in [2.75, 3.05) is 38.4 Å². The van der Waals surface area contributed by atoms with Crippen LogP contribution in [0.2, 0.25) is 0 Å². The summed E-state index contributed by atoms with van der Waals surface area (Å²) < 4.78 is -0.0215. The topological polar surface area (TPSA) is 177 Å². The van der Waals surface area contributed by atoms with Crippen LogP contribution in [0.1, 0.15) is 43.9 Å². The quantitative estimate of drug-likeness (QED) is 0.147. The highest BCUT2D eigenvalue weighted by molar-refractivity contribution is 8.00. The Morgan fingerprint density at radius 1 is 1.11 bits per heavy atom. The van der Waals surface area contributed by atoms with Crippen LogP contribution in [0, 0.1) is 11.8 Å². The van der Waals surface area contributed by atoms with E-state index in [2.05, 4.69) is 26.1 Å². The van der Waals surface area contributed by atoms with Gasteiger partial charge in [-0.2, -0.15) is 0 Å². The fraction of sp³-hybridized carbons (Fsp3) is 0.441. The number of thioether (sulfide) groups is 1. The molecule has 3 aliphatic carbocycles. The van der Waals surface area contributed by atoms with E-state index in [1.807, 2.05) is 43.3 Å². The summed E-state index contributed by atoms with van der Waals surface area (Å²) in [6, 6.07) is 8.62. The number of carbonyl (C=O) groups excluding carboxylic acids is 3. The highest BCUT2D eigenvalue weighted by Crippen LogP contribution is 2.54. The van der Waals surface area contributed by atoms with E-state index in [4.69, 9.17) is 5.73 Å². The molecule has 0 heterocycles. The number of aliphatic hydroxyl groups is 3. The fourth-order valence-corrected chi connectivity index (χ4v) is 8.17. The molecule has 0 aromatic heterocycles. The maximum absolute atomic E-state index is 14.2. The number of aromatic hydroxyl groups is 1. The second-order valence-electron chi connectivity index (χ2n) is 13.7. The van der Waals surface area contributed by atoms with Crippen LogP contribution >= 0.6 is 11.8 Å². The lowest BCUT2D eigenvalue weighted by atomic mass is 9.57. The number of Topliss-reactive ketones (excluding diaryl/α,β-unsaturated/α-hetero) is 2. The normalized spacial score (nSPS) is 24.5. The Bertz CT molecular complexity index is 1710. The number of nitrogens with one attached hydrogen (secondary N) is 1. The Hall–Kier alpha value is -4.00. The number of nitrogens with zero attached hydrogens (tertiary/aromatic N) is 2. The van der Waals surface area contributed by atoms with Crippen LogP contribution in [0.25, 0.3) is 5.76 Å². The molecule has 0 radical (unpaired) electrons. The van der Waals surface area contributed by atoms with Gasteiger partial charge in [0, 0.05) is 47.5 Å². The van der Waals surface area contributed by atoms with Gasteiger partial charge in [0.2, 0.25) is 5.78 Å². The molecule has 1 saturated carbocycles. The van der Waals surface area contributed by atoms with Gasteiger partial charge in [0.1, 0.15) is 22.8 Å². The number of anilines is 2. The van der Waals surface area contributed by atoms with Gasteiger partial charge in [-0.15, -0.1) is 11.8 Å². The lowest BCUT2D eigenvalue weighted by Crippen LogP contribution is -2.65. The number of nitrogens with two attached hydrogens (primary N) is 1. The predicted octanol–water partition coefficient (Wildman–Crippen LogP) is 3.53. The second-order valence-corrected chi connectivity index (χ2v) is 15.5. The molecule has 0 aliphatic heterocycles. The van der Waals surface area contributed by atoms with Gasteiger partial charge >= 0.3 is 0 Å². The van der Waals surface area contributed by atoms with Gasteiger partial charge in [0.05, 0.1) is 17.3 Å². The minimum atomic E-state index is -2.69. The summed E-state index contributed by atoms with van der Waals surface area (Å²) in [6.07, 6.45) is 0.239. The van der Waals surface area contributed by atoms with Crippen molar-refractivity contribution in [2.24, 2.45) is 17.6 Å². The minimum absolute atomic E-state index is 0.0215. The number of amides is 1. The van der Waals surface area contributed by atoms with Gasteiger partial charge in [0.25, 0.3) is 5.91 Å². The van der Waals surface area contributed by atoms with Crippen LogP contribution in [0.3, 0.4) is 0 Å². The van der Waals surface area contributed by atoms with E-state index in [9.17, 15) is 34.8 Å². The summed E-state index contributed by atoms with van der Waals surface area (Å²) >= 11 is 1.73. The summed E-state index contributed by atoms with van der Waals surface area (Å²) in [4.78, 5) is 44.2. The first-order chi connectivity index (χ1) is 21.4. The van der Waals surface area contributed by atoms with Crippen LogP contribution in [0.5, 0.6) is 5.75 Å². The molecule has 12 heteroatoms. The average molecular weight is 651 g/mol. The van der Waals surface area contributed by atoms with Crippen LogP contribution in [0.15, 0.2) is 52.1 Å². The molecule has 246 valence electrons. The largest absolute Gasteiger partial charge is 0.508 e. The van der Waals surface area contributed by atoms with Gasteiger partial charge < -0.3 is 36.4 Å². The second kappa shape index (κ2) is 11.7. The molecule has 0 spiro atoms. The molecule has 7 N–H and O–H groups in total. The van der Waals surface area contributed by atoms with Crippen LogP contribution < -0.4 is 16.0 Å². The molecule has 1 fully saturated rings. The number of fused-ring (bicyclic) bond motifs is 3. The number of ketones is 2. The number of phenols is 1. The zero-order valence-corrected chi connectivity index (χ0v) is 28.0. The van der Waals surface area contributed by atoms with Crippen molar-refractivity contribution in [1.82, 2.24) is 4.90 Å². The van der Waals surface area contributed by atoms with E-state index in [-0.39, 0.29) is 34.5 Å². The maximum Gasteiger partial charge on any atom is 0.255 e. The minimum Gasteiger partial charge on any atom is -0.508 e. The Morgan fingerprint density at radius 3 is 2.35 bits per heavy atom. The standard InChI is InChI=1S/C34H42N4O7S/c1-33(2,3)46-22-11-9-8-10-16(22)15-36-20-14-21(37(4)5)18-12-17-13-19-26(38(6)7)29(41)25(32(35)44)31(43)34(19,45)30(42)23(17)28(40)24(18)27(20)39/h8-11,14,17,19,26,36,39-40,43,45H,12-13,15H2,1-7H3,(H2,35,44)/t17-,19+,26-,34+/m1/s1. The van der Waals surface area contributed by atoms with Gasteiger partial charge in [-0.05, 0) is 56.1 Å². The third-order valence-electron chi connectivity index (χ3n) is 9.04. The number of primary amides is 1. The molecule has 2 aromatic carbocycles. The molecular weight excluding hydrogens is 608 g/mol. The van der Waals surface area contributed by atoms with E-state index >= 15 is 0 Å². The molecule has 11 nitrogen and oxygen atoms in total. The Morgan fingerprint density at radius 2 is 1.76 bits per heavy atom. The first-order valence-corrected chi connectivity index (χ1v) is 15.9. The summed E-state index contributed by atoms with van der Waals surface area (Å²) in [6.45, 7) is 6.76. The molecule has 0 unspecified atom stereocenters. The lowest BCUT2D eigenvalue weighted by Gasteiger charge is -2.50. The van der Waals surface area contributed by atoms with Crippen molar-refractivity contribution in [3.05, 3.63) is 63.9 Å². The Kier molecular flexibility index (Phi) is 8.46. The molecule has 5 rings (SSSR count). The SMILES string of the molecule is CN(C)c1cc(NCc2ccccc2SC(C)(C)C)c(O)c2c1C[C@@H]1C[C@H]3[C@@H](N(C)C)C(=O)C(C(N)=O)=C(O)[C@@]3(O)C(=O)C1=C2O. The summed E-state index contributed by atoms with van der Waals surface area (Å²) in [5, 5.41) is 49.7. The number of aliphatic hydroxyl groups excluding tert-OH is 2. The van der Waals surface area contributed by atoms with Crippen LogP contribution in [-0.2, 0) is 27.3 Å².